The summed E-state index contributed by atoms with van der Waals surface area (Å²) in [5.74, 6) is 0.756. The van der Waals surface area contributed by atoms with Gasteiger partial charge in [-0.15, -0.1) is 0 Å². The van der Waals surface area contributed by atoms with Crippen molar-refractivity contribution in [2.45, 2.75) is 31.2 Å². The molecule has 2 fully saturated rings. The van der Waals surface area contributed by atoms with Gasteiger partial charge in [0.2, 0.25) is 0 Å². The van der Waals surface area contributed by atoms with Gasteiger partial charge in [0, 0.05) is 5.54 Å². The molecule has 0 spiro atoms. The van der Waals surface area contributed by atoms with Crippen molar-refractivity contribution in [3.63, 3.8) is 0 Å². The minimum Gasteiger partial charge on any atom is -0.307 e. The summed E-state index contributed by atoms with van der Waals surface area (Å²) in [5.41, 5.74) is 1.32. The molecule has 0 aromatic heterocycles. The Morgan fingerprint density at radius 2 is 2.06 bits per heavy atom. The van der Waals surface area contributed by atoms with Crippen LogP contribution >= 0.6 is 23.2 Å². The standard InChI is InChI=1S/C13H15Cl2N/c14-11-4-1-3-10(12(11)15)13(9-5-6-9)7-2-8-16-13/h1,3-4,9,16H,2,5-8H2. The van der Waals surface area contributed by atoms with Gasteiger partial charge in [0.15, 0.2) is 0 Å². The first-order valence-corrected chi connectivity index (χ1v) is 6.69. The monoisotopic (exact) mass is 255 g/mol. The van der Waals surface area contributed by atoms with E-state index in [0.717, 1.165) is 17.5 Å². The van der Waals surface area contributed by atoms with Crippen molar-refractivity contribution in [2.24, 2.45) is 5.92 Å². The van der Waals surface area contributed by atoms with Gasteiger partial charge in [0.05, 0.1) is 10.0 Å². The molecule has 1 N–H and O–H groups in total. The Hall–Kier alpha value is -0.240. The third-order valence-electron chi connectivity index (χ3n) is 3.89. The second-order valence-electron chi connectivity index (χ2n) is 4.88. The SMILES string of the molecule is Clc1cccc(C2(C3CC3)CCCN2)c1Cl. The molecule has 0 bridgehead atoms. The van der Waals surface area contributed by atoms with Gasteiger partial charge in [-0.05, 0) is 49.8 Å². The lowest BCUT2D eigenvalue weighted by atomic mass is 9.83. The third-order valence-corrected chi connectivity index (χ3v) is 4.71. The smallest absolute Gasteiger partial charge is 0.0643 e. The van der Waals surface area contributed by atoms with Gasteiger partial charge in [-0.3, -0.25) is 0 Å². The lowest BCUT2D eigenvalue weighted by Crippen LogP contribution is -2.39. The Bertz CT molecular complexity index is 406. The van der Waals surface area contributed by atoms with Crippen molar-refractivity contribution in [1.82, 2.24) is 5.32 Å². The fraction of sp³-hybridized carbons (Fsp3) is 0.538. The van der Waals surface area contributed by atoms with Gasteiger partial charge in [-0.2, -0.15) is 0 Å². The minimum atomic E-state index is 0.113. The molecule has 1 aliphatic heterocycles. The summed E-state index contributed by atoms with van der Waals surface area (Å²) in [6.07, 6.45) is 5.06. The van der Waals surface area contributed by atoms with Gasteiger partial charge < -0.3 is 5.32 Å². The van der Waals surface area contributed by atoms with E-state index in [4.69, 9.17) is 23.2 Å². The molecule has 0 radical (unpaired) electrons. The van der Waals surface area contributed by atoms with Crippen LogP contribution in [0.2, 0.25) is 10.0 Å². The van der Waals surface area contributed by atoms with Crippen molar-refractivity contribution < 1.29 is 0 Å². The zero-order chi connectivity index (χ0) is 11.2. The van der Waals surface area contributed by atoms with Crippen molar-refractivity contribution >= 4 is 23.2 Å². The highest BCUT2D eigenvalue weighted by molar-refractivity contribution is 6.42. The first kappa shape index (κ1) is 10.9. The summed E-state index contributed by atoms with van der Waals surface area (Å²) < 4.78 is 0. The molecule has 0 amide bonds. The number of nitrogens with one attached hydrogen (secondary N) is 1. The van der Waals surface area contributed by atoms with E-state index in [2.05, 4.69) is 11.4 Å². The highest BCUT2D eigenvalue weighted by Crippen LogP contribution is 2.52. The molecule has 2 aliphatic rings. The van der Waals surface area contributed by atoms with E-state index in [9.17, 15) is 0 Å². The quantitative estimate of drug-likeness (QED) is 0.843. The van der Waals surface area contributed by atoms with Crippen molar-refractivity contribution in [3.05, 3.63) is 33.8 Å². The average Bonchev–Trinajstić information content (AvgIpc) is 3.03. The maximum atomic E-state index is 6.36. The van der Waals surface area contributed by atoms with E-state index in [0.29, 0.717) is 5.02 Å². The van der Waals surface area contributed by atoms with E-state index < -0.39 is 0 Å². The molecular weight excluding hydrogens is 241 g/mol. The zero-order valence-electron chi connectivity index (χ0n) is 9.10. The molecule has 1 atom stereocenters. The third kappa shape index (κ3) is 1.57. The summed E-state index contributed by atoms with van der Waals surface area (Å²) in [4.78, 5) is 0. The maximum absolute atomic E-state index is 6.36. The molecule has 1 saturated heterocycles. The zero-order valence-corrected chi connectivity index (χ0v) is 10.6. The average molecular weight is 256 g/mol. The van der Waals surface area contributed by atoms with Crippen LogP contribution in [0.5, 0.6) is 0 Å². The summed E-state index contributed by atoms with van der Waals surface area (Å²) >= 11 is 12.5. The molecule has 1 aliphatic carbocycles. The van der Waals surface area contributed by atoms with Gasteiger partial charge in [-0.1, -0.05) is 35.3 Å². The first-order chi connectivity index (χ1) is 7.74. The highest BCUT2D eigenvalue weighted by atomic mass is 35.5. The first-order valence-electron chi connectivity index (χ1n) is 5.93. The van der Waals surface area contributed by atoms with Crippen LogP contribution in [0, 0.1) is 5.92 Å². The lowest BCUT2D eigenvalue weighted by Gasteiger charge is -2.31. The summed E-state index contributed by atoms with van der Waals surface area (Å²) in [6, 6.07) is 6.00. The van der Waals surface area contributed by atoms with Gasteiger partial charge in [0.1, 0.15) is 0 Å². The molecule has 3 heteroatoms. The van der Waals surface area contributed by atoms with Crippen LogP contribution in [-0.2, 0) is 5.54 Å². The van der Waals surface area contributed by atoms with E-state index in [1.54, 1.807) is 0 Å². The Balaban J connectivity index is 2.08. The molecule has 1 aromatic carbocycles. The van der Waals surface area contributed by atoms with E-state index >= 15 is 0 Å². The van der Waals surface area contributed by atoms with Crippen LogP contribution in [-0.4, -0.2) is 6.54 Å². The van der Waals surface area contributed by atoms with Gasteiger partial charge in [0.25, 0.3) is 0 Å². The predicted molar refractivity (Wildman–Crippen MR) is 68.1 cm³/mol. The second-order valence-corrected chi connectivity index (χ2v) is 5.66. The lowest BCUT2D eigenvalue weighted by molar-refractivity contribution is 0.336. The number of hydrogen-bond donors (Lipinski definition) is 1. The summed E-state index contributed by atoms with van der Waals surface area (Å²) in [6.45, 7) is 1.10. The topological polar surface area (TPSA) is 12.0 Å². The molecular formula is C13H15Cl2N. The maximum Gasteiger partial charge on any atom is 0.0643 e. The number of rotatable bonds is 2. The molecule has 1 heterocycles. The predicted octanol–water partition coefficient (Wildman–Crippen LogP) is 3.98. The van der Waals surface area contributed by atoms with Gasteiger partial charge >= 0.3 is 0 Å². The van der Waals surface area contributed by atoms with Crippen LogP contribution in [0.4, 0.5) is 0 Å². The van der Waals surface area contributed by atoms with Crippen LogP contribution in [0.1, 0.15) is 31.2 Å². The number of benzene rings is 1. The molecule has 1 aromatic rings. The molecule has 1 saturated carbocycles. The fourth-order valence-electron chi connectivity index (χ4n) is 2.99. The largest absolute Gasteiger partial charge is 0.307 e. The van der Waals surface area contributed by atoms with Crippen molar-refractivity contribution in [2.75, 3.05) is 6.54 Å². The van der Waals surface area contributed by atoms with Crippen LogP contribution in [0.25, 0.3) is 0 Å². The van der Waals surface area contributed by atoms with Crippen molar-refractivity contribution in [1.29, 1.82) is 0 Å². The highest BCUT2D eigenvalue weighted by Gasteiger charge is 2.48. The second kappa shape index (κ2) is 3.90. The number of hydrogen-bond acceptors (Lipinski definition) is 1. The number of halogens is 2. The Morgan fingerprint density at radius 1 is 1.25 bits per heavy atom. The van der Waals surface area contributed by atoms with Gasteiger partial charge in [-0.25, -0.2) is 0 Å². The van der Waals surface area contributed by atoms with E-state index in [-0.39, 0.29) is 5.54 Å². The van der Waals surface area contributed by atoms with Crippen LogP contribution < -0.4 is 5.32 Å². The molecule has 1 nitrogen and oxygen atoms in total. The Morgan fingerprint density at radius 3 is 2.69 bits per heavy atom. The van der Waals surface area contributed by atoms with E-state index in [1.165, 1.54) is 31.2 Å². The summed E-state index contributed by atoms with van der Waals surface area (Å²) in [7, 11) is 0. The normalized spacial score (nSPS) is 29.6. The Kier molecular flexibility index (Phi) is 2.66. The van der Waals surface area contributed by atoms with Crippen molar-refractivity contribution in [3.8, 4) is 0 Å². The fourth-order valence-corrected chi connectivity index (χ4v) is 3.46. The minimum absolute atomic E-state index is 0.113. The molecule has 3 rings (SSSR count). The molecule has 16 heavy (non-hydrogen) atoms. The molecule has 86 valence electrons. The van der Waals surface area contributed by atoms with Crippen LogP contribution in [0.3, 0.4) is 0 Å². The summed E-state index contributed by atoms with van der Waals surface area (Å²) in [5, 5.41) is 5.09. The Labute approximate surface area is 106 Å². The van der Waals surface area contributed by atoms with Crippen LogP contribution in [0.15, 0.2) is 18.2 Å². The molecule has 1 unspecified atom stereocenters. The van der Waals surface area contributed by atoms with E-state index in [1.807, 2.05) is 12.1 Å².